The number of likely N-dealkylation sites (tertiary alicyclic amines) is 1. The summed E-state index contributed by atoms with van der Waals surface area (Å²) in [5.41, 5.74) is 6.58. The molecule has 142 valence electrons. The normalized spacial score (nSPS) is 14.6. The lowest BCUT2D eigenvalue weighted by Gasteiger charge is -2.32. The van der Waals surface area contributed by atoms with E-state index in [0.717, 1.165) is 12.8 Å². The summed E-state index contributed by atoms with van der Waals surface area (Å²) in [7, 11) is 0. The number of nitrogens with zero attached hydrogens (tertiary/aromatic N) is 1. The highest BCUT2D eigenvalue weighted by Gasteiger charge is 2.24. The number of anilines is 1. The van der Waals surface area contributed by atoms with Crippen LogP contribution >= 0.6 is 11.6 Å². The Morgan fingerprint density at radius 2 is 1.78 bits per heavy atom. The second kappa shape index (κ2) is 8.77. The fourth-order valence-corrected chi connectivity index (χ4v) is 3.26. The van der Waals surface area contributed by atoms with Crippen LogP contribution in [0.25, 0.3) is 0 Å². The first-order valence-corrected chi connectivity index (χ1v) is 9.24. The second-order valence-corrected chi connectivity index (χ2v) is 6.87. The number of primary amides is 1. The summed E-state index contributed by atoms with van der Waals surface area (Å²) in [6, 6.07) is 14.4. The molecule has 0 bridgehead atoms. The van der Waals surface area contributed by atoms with E-state index in [-0.39, 0.29) is 18.6 Å². The fourth-order valence-electron chi connectivity index (χ4n) is 3.07. The number of urea groups is 1. The number of para-hydroxylation sites is 2. The van der Waals surface area contributed by atoms with E-state index < -0.39 is 5.91 Å². The molecule has 6 nitrogen and oxygen atoms in total. The SMILES string of the molecule is NC(=O)Cc1ccccc1NC(=O)N1CCC(Oc2ccccc2Cl)CC1. The summed E-state index contributed by atoms with van der Waals surface area (Å²) in [4.78, 5) is 25.5. The molecule has 3 N–H and O–H groups in total. The van der Waals surface area contributed by atoms with Crippen LogP contribution in [0.5, 0.6) is 5.75 Å². The van der Waals surface area contributed by atoms with Crippen molar-refractivity contribution < 1.29 is 14.3 Å². The zero-order valence-corrected chi connectivity index (χ0v) is 15.6. The van der Waals surface area contributed by atoms with Crippen LogP contribution in [0.4, 0.5) is 10.5 Å². The summed E-state index contributed by atoms with van der Waals surface area (Å²) in [6.07, 6.45) is 1.56. The average molecular weight is 388 g/mol. The van der Waals surface area contributed by atoms with Crippen LogP contribution in [0, 0.1) is 0 Å². The monoisotopic (exact) mass is 387 g/mol. The molecule has 0 aromatic heterocycles. The minimum absolute atomic E-state index is 0.0242. The number of carbonyl (C=O) groups is 2. The van der Waals surface area contributed by atoms with Crippen molar-refractivity contribution in [2.75, 3.05) is 18.4 Å². The number of amides is 3. The standard InChI is InChI=1S/C20H22ClN3O3/c21-16-6-2-4-8-18(16)27-15-9-11-24(12-10-15)20(26)23-17-7-3-1-5-14(17)13-19(22)25/h1-8,15H,9-13H2,(H2,22,25)(H,23,26). The lowest BCUT2D eigenvalue weighted by atomic mass is 10.1. The molecule has 3 amide bonds. The first-order valence-electron chi connectivity index (χ1n) is 8.86. The van der Waals surface area contributed by atoms with Gasteiger partial charge in [-0.3, -0.25) is 4.79 Å². The van der Waals surface area contributed by atoms with Crippen molar-refractivity contribution in [2.24, 2.45) is 5.73 Å². The number of ether oxygens (including phenoxy) is 1. The molecule has 2 aromatic rings. The lowest BCUT2D eigenvalue weighted by molar-refractivity contribution is -0.117. The smallest absolute Gasteiger partial charge is 0.321 e. The van der Waals surface area contributed by atoms with E-state index in [1.54, 1.807) is 23.1 Å². The number of halogens is 1. The molecule has 1 aliphatic rings. The Bertz CT molecular complexity index is 820. The molecule has 1 aliphatic heterocycles. The van der Waals surface area contributed by atoms with Crippen LogP contribution in [-0.4, -0.2) is 36.0 Å². The summed E-state index contributed by atoms with van der Waals surface area (Å²) in [5, 5.41) is 3.46. The number of hydrogen-bond acceptors (Lipinski definition) is 3. The van der Waals surface area contributed by atoms with E-state index in [1.807, 2.05) is 30.3 Å². The van der Waals surface area contributed by atoms with Crippen molar-refractivity contribution in [2.45, 2.75) is 25.4 Å². The van der Waals surface area contributed by atoms with E-state index in [0.29, 0.717) is 35.1 Å². The van der Waals surface area contributed by atoms with Crippen molar-refractivity contribution in [3.63, 3.8) is 0 Å². The number of piperidine rings is 1. The van der Waals surface area contributed by atoms with Gasteiger partial charge in [0.15, 0.2) is 0 Å². The molecule has 0 unspecified atom stereocenters. The molecule has 3 rings (SSSR count). The van der Waals surface area contributed by atoms with Crippen LogP contribution in [0.1, 0.15) is 18.4 Å². The van der Waals surface area contributed by atoms with Gasteiger partial charge >= 0.3 is 6.03 Å². The maximum atomic E-state index is 12.6. The van der Waals surface area contributed by atoms with Crippen molar-refractivity contribution in [1.82, 2.24) is 4.90 Å². The largest absolute Gasteiger partial charge is 0.489 e. The highest BCUT2D eigenvalue weighted by Crippen LogP contribution is 2.27. The van der Waals surface area contributed by atoms with Crippen molar-refractivity contribution in [3.05, 3.63) is 59.1 Å². The first kappa shape index (κ1) is 19.0. The topological polar surface area (TPSA) is 84.7 Å². The highest BCUT2D eigenvalue weighted by atomic mass is 35.5. The van der Waals surface area contributed by atoms with Crippen LogP contribution in [-0.2, 0) is 11.2 Å². The zero-order chi connectivity index (χ0) is 19.2. The van der Waals surface area contributed by atoms with E-state index in [1.165, 1.54) is 0 Å². The molecule has 0 radical (unpaired) electrons. The number of hydrogen-bond donors (Lipinski definition) is 2. The van der Waals surface area contributed by atoms with Gasteiger partial charge in [0, 0.05) is 31.6 Å². The quantitative estimate of drug-likeness (QED) is 0.824. The number of carbonyl (C=O) groups excluding carboxylic acids is 2. The Hall–Kier alpha value is -2.73. The molecule has 0 atom stereocenters. The third-order valence-corrected chi connectivity index (χ3v) is 4.80. The number of rotatable bonds is 5. The average Bonchev–Trinajstić information content (AvgIpc) is 2.65. The van der Waals surface area contributed by atoms with E-state index >= 15 is 0 Å². The van der Waals surface area contributed by atoms with E-state index in [4.69, 9.17) is 22.1 Å². The molecule has 1 heterocycles. The molecule has 27 heavy (non-hydrogen) atoms. The van der Waals surface area contributed by atoms with Crippen molar-refractivity contribution in [1.29, 1.82) is 0 Å². The third kappa shape index (κ3) is 5.14. The minimum atomic E-state index is -0.436. The molecule has 1 fully saturated rings. The summed E-state index contributed by atoms with van der Waals surface area (Å²) in [5.74, 6) is 0.233. The van der Waals surface area contributed by atoms with Gasteiger partial charge in [-0.1, -0.05) is 41.9 Å². The van der Waals surface area contributed by atoms with Gasteiger partial charge in [-0.15, -0.1) is 0 Å². The van der Waals surface area contributed by atoms with Gasteiger partial charge in [0.05, 0.1) is 11.4 Å². The Balaban J connectivity index is 1.55. The predicted octanol–water partition coefficient (Wildman–Crippen LogP) is 3.44. The van der Waals surface area contributed by atoms with Crippen molar-refractivity contribution in [3.8, 4) is 5.75 Å². The van der Waals surface area contributed by atoms with Crippen molar-refractivity contribution >= 4 is 29.2 Å². The molecule has 0 aliphatic carbocycles. The minimum Gasteiger partial charge on any atom is -0.489 e. The van der Waals surface area contributed by atoms with Crippen LogP contribution < -0.4 is 15.8 Å². The Kier molecular flexibility index (Phi) is 6.19. The molecule has 2 aromatic carbocycles. The maximum Gasteiger partial charge on any atom is 0.321 e. The Morgan fingerprint density at radius 3 is 2.48 bits per heavy atom. The van der Waals surface area contributed by atoms with Gasteiger partial charge in [0.1, 0.15) is 11.9 Å². The zero-order valence-electron chi connectivity index (χ0n) is 14.9. The van der Waals surface area contributed by atoms with E-state index in [2.05, 4.69) is 5.32 Å². The number of benzene rings is 2. The second-order valence-electron chi connectivity index (χ2n) is 6.47. The molecule has 7 heteroatoms. The number of nitrogens with one attached hydrogen (secondary N) is 1. The Labute approximate surface area is 163 Å². The molecule has 0 spiro atoms. The van der Waals surface area contributed by atoms with Crippen LogP contribution in [0.2, 0.25) is 5.02 Å². The lowest BCUT2D eigenvalue weighted by Crippen LogP contribution is -2.43. The van der Waals surface area contributed by atoms with Crippen LogP contribution in [0.15, 0.2) is 48.5 Å². The predicted molar refractivity (Wildman–Crippen MR) is 105 cm³/mol. The molecular weight excluding hydrogens is 366 g/mol. The fraction of sp³-hybridized carbons (Fsp3) is 0.300. The van der Waals surface area contributed by atoms with Gasteiger partial charge in [-0.05, 0) is 23.8 Å². The number of nitrogens with two attached hydrogens (primary N) is 1. The first-order chi connectivity index (χ1) is 13.0. The van der Waals surface area contributed by atoms with Gasteiger partial charge in [-0.25, -0.2) is 4.79 Å². The van der Waals surface area contributed by atoms with Gasteiger partial charge < -0.3 is 20.7 Å². The highest BCUT2D eigenvalue weighted by molar-refractivity contribution is 6.32. The Morgan fingerprint density at radius 1 is 1.11 bits per heavy atom. The summed E-state index contributed by atoms with van der Waals surface area (Å²) < 4.78 is 5.95. The molecule has 0 saturated carbocycles. The van der Waals surface area contributed by atoms with Crippen LogP contribution in [0.3, 0.4) is 0 Å². The maximum absolute atomic E-state index is 12.6. The van der Waals surface area contributed by atoms with E-state index in [9.17, 15) is 9.59 Å². The molecule has 1 saturated heterocycles. The summed E-state index contributed by atoms with van der Waals surface area (Å²) >= 11 is 6.13. The third-order valence-electron chi connectivity index (χ3n) is 4.48. The van der Waals surface area contributed by atoms with Gasteiger partial charge in [-0.2, -0.15) is 0 Å². The van der Waals surface area contributed by atoms with Gasteiger partial charge in [0.2, 0.25) is 5.91 Å². The molecular formula is C20H22ClN3O3. The van der Waals surface area contributed by atoms with Gasteiger partial charge in [0.25, 0.3) is 0 Å². The summed E-state index contributed by atoms with van der Waals surface area (Å²) in [6.45, 7) is 1.16.